The van der Waals surface area contributed by atoms with Gasteiger partial charge >= 0.3 is 11.8 Å². The lowest BCUT2D eigenvalue weighted by atomic mass is 9.98. The number of carbonyl (C=O) groups is 1. The fourth-order valence-electron chi connectivity index (χ4n) is 4.50. The van der Waals surface area contributed by atoms with Gasteiger partial charge in [-0.05, 0) is 41.5 Å². The molecule has 5 rings (SSSR count). The number of aromatic amines is 1. The number of rotatable bonds is 3. The van der Waals surface area contributed by atoms with Crippen molar-refractivity contribution in [3.63, 3.8) is 0 Å². The molecule has 29 heavy (non-hydrogen) atoms. The zero-order valence-corrected chi connectivity index (χ0v) is 15.8. The van der Waals surface area contributed by atoms with E-state index in [0.717, 1.165) is 12.8 Å². The van der Waals surface area contributed by atoms with Crippen molar-refractivity contribution < 1.29 is 14.1 Å². The Hall–Kier alpha value is -3.35. The molecular formula is C22H21N3O4. The number of aromatic nitrogens is 2. The Morgan fingerprint density at radius 1 is 1.10 bits per heavy atom. The zero-order valence-electron chi connectivity index (χ0n) is 15.8. The molecule has 0 spiro atoms. The van der Waals surface area contributed by atoms with Gasteiger partial charge in [-0.15, -0.1) is 0 Å². The molecule has 1 N–H and O–H groups in total. The molecule has 1 aliphatic carbocycles. The van der Waals surface area contributed by atoms with E-state index in [-0.39, 0.29) is 24.7 Å². The predicted octanol–water partition coefficient (Wildman–Crippen LogP) is 3.84. The molecule has 0 saturated carbocycles. The minimum Gasteiger partial charge on any atom is -0.448 e. The van der Waals surface area contributed by atoms with E-state index in [1.54, 1.807) is 4.90 Å². The molecule has 2 heterocycles. The molecule has 1 fully saturated rings. The largest absolute Gasteiger partial charge is 0.448 e. The molecule has 7 nitrogen and oxygen atoms in total. The summed E-state index contributed by atoms with van der Waals surface area (Å²) in [6.45, 7) is 0.835. The van der Waals surface area contributed by atoms with Crippen LogP contribution in [-0.2, 0) is 4.74 Å². The topological polar surface area (TPSA) is 88.4 Å². The first-order valence-electron chi connectivity index (χ1n) is 9.90. The predicted molar refractivity (Wildman–Crippen MR) is 105 cm³/mol. The van der Waals surface area contributed by atoms with Gasteiger partial charge in [-0.2, -0.15) is 0 Å². The summed E-state index contributed by atoms with van der Waals surface area (Å²) in [7, 11) is 0. The second-order valence-electron chi connectivity index (χ2n) is 7.49. The highest BCUT2D eigenvalue weighted by molar-refractivity contribution is 5.79. The summed E-state index contributed by atoms with van der Waals surface area (Å²) in [4.78, 5) is 28.5. The summed E-state index contributed by atoms with van der Waals surface area (Å²) >= 11 is 0. The third-order valence-electron chi connectivity index (χ3n) is 5.85. The normalized spacial score (nSPS) is 18.3. The Kier molecular flexibility index (Phi) is 4.42. The van der Waals surface area contributed by atoms with Crippen LogP contribution in [0, 0.1) is 0 Å². The van der Waals surface area contributed by atoms with Gasteiger partial charge in [0.2, 0.25) is 0 Å². The quantitative estimate of drug-likeness (QED) is 0.733. The number of ether oxygens (including phenoxy) is 1. The number of benzene rings is 2. The van der Waals surface area contributed by atoms with Crippen molar-refractivity contribution in [3.8, 4) is 11.1 Å². The Morgan fingerprint density at radius 2 is 1.79 bits per heavy atom. The van der Waals surface area contributed by atoms with E-state index in [2.05, 4.69) is 38.9 Å². The molecule has 3 aromatic rings. The van der Waals surface area contributed by atoms with Gasteiger partial charge in [-0.3, -0.25) is 14.4 Å². The number of piperidine rings is 1. The number of H-pyrrole nitrogens is 1. The molecule has 2 aliphatic rings. The molecule has 1 saturated heterocycles. The number of carbonyl (C=O) groups excluding carboxylic acids is 1. The average Bonchev–Trinajstić information content (AvgIpc) is 3.33. The Bertz CT molecular complexity index is 1060. The standard InChI is InChI=1S/C22H21N3O4/c26-21-23-20(24-29-21)19-11-5-6-12-25(19)22(27)28-13-18-16-9-3-1-7-14(16)15-8-2-4-10-17(15)18/h1-4,7-10,18-19H,5-6,11-13H2,(H,23,24,26). The van der Waals surface area contributed by atoms with Crippen molar-refractivity contribution in [2.75, 3.05) is 13.2 Å². The van der Waals surface area contributed by atoms with Crippen LogP contribution in [0.15, 0.2) is 57.8 Å². The molecule has 1 aliphatic heterocycles. The number of likely N-dealkylation sites (tertiary alicyclic amines) is 1. The molecule has 7 heteroatoms. The third kappa shape index (κ3) is 3.12. The lowest BCUT2D eigenvalue weighted by Gasteiger charge is -2.33. The molecular weight excluding hydrogens is 370 g/mol. The summed E-state index contributed by atoms with van der Waals surface area (Å²) in [6, 6.07) is 16.2. The smallest absolute Gasteiger partial charge is 0.438 e. The van der Waals surface area contributed by atoms with E-state index in [0.29, 0.717) is 18.8 Å². The van der Waals surface area contributed by atoms with Crippen molar-refractivity contribution in [1.82, 2.24) is 15.0 Å². The number of hydrogen-bond acceptors (Lipinski definition) is 5. The van der Waals surface area contributed by atoms with Crippen LogP contribution in [-0.4, -0.2) is 34.3 Å². The van der Waals surface area contributed by atoms with Crippen molar-refractivity contribution in [2.45, 2.75) is 31.2 Å². The lowest BCUT2D eigenvalue weighted by Crippen LogP contribution is -2.40. The first-order valence-corrected chi connectivity index (χ1v) is 9.90. The highest BCUT2D eigenvalue weighted by Gasteiger charge is 2.34. The minimum atomic E-state index is -0.613. The Morgan fingerprint density at radius 3 is 2.45 bits per heavy atom. The maximum absolute atomic E-state index is 12.9. The number of fused-ring (bicyclic) bond motifs is 3. The zero-order chi connectivity index (χ0) is 19.8. The van der Waals surface area contributed by atoms with Crippen LogP contribution in [0.3, 0.4) is 0 Å². The van der Waals surface area contributed by atoms with Crippen LogP contribution < -0.4 is 5.76 Å². The van der Waals surface area contributed by atoms with Crippen LogP contribution in [0.2, 0.25) is 0 Å². The molecule has 148 valence electrons. The third-order valence-corrected chi connectivity index (χ3v) is 5.85. The fraction of sp³-hybridized carbons (Fsp3) is 0.318. The molecule has 1 unspecified atom stereocenters. The van der Waals surface area contributed by atoms with E-state index >= 15 is 0 Å². The number of nitrogens with one attached hydrogen (secondary N) is 1. The summed E-state index contributed by atoms with van der Waals surface area (Å²) in [5.74, 6) is -0.220. The Balaban J connectivity index is 1.36. The minimum absolute atomic E-state index is 0.0152. The van der Waals surface area contributed by atoms with Crippen molar-refractivity contribution in [3.05, 3.63) is 76.0 Å². The van der Waals surface area contributed by atoms with Gasteiger partial charge in [0, 0.05) is 12.5 Å². The number of amides is 1. The van der Waals surface area contributed by atoms with Crippen LogP contribution in [0.4, 0.5) is 4.79 Å². The molecule has 1 amide bonds. The average molecular weight is 391 g/mol. The monoisotopic (exact) mass is 391 g/mol. The highest BCUT2D eigenvalue weighted by Crippen LogP contribution is 2.44. The van der Waals surface area contributed by atoms with E-state index < -0.39 is 5.76 Å². The summed E-state index contributed by atoms with van der Waals surface area (Å²) in [5.41, 5.74) is 4.75. The summed E-state index contributed by atoms with van der Waals surface area (Å²) in [6.07, 6.45) is 2.17. The first kappa shape index (κ1) is 17.7. The van der Waals surface area contributed by atoms with Crippen LogP contribution in [0.5, 0.6) is 0 Å². The Labute approximate surface area is 167 Å². The summed E-state index contributed by atoms with van der Waals surface area (Å²) < 4.78 is 10.4. The van der Waals surface area contributed by atoms with E-state index in [1.165, 1.54) is 22.3 Å². The maximum Gasteiger partial charge on any atom is 0.438 e. The molecule has 2 aromatic carbocycles. The first-order chi connectivity index (χ1) is 14.2. The number of nitrogens with zero attached hydrogens (tertiary/aromatic N) is 2. The molecule has 0 radical (unpaired) electrons. The maximum atomic E-state index is 12.9. The van der Waals surface area contributed by atoms with Gasteiger partial charge < -0.3 is 4.74 Å². The summed E-state index contributed by atoms with van der Waals surface area (Å²) in [5, 5.41) is 3.78. The number of hydrogen-bond donors (Lipinski definition) is 1. The van der Waals surface area contributed by atoms with Gasteiger partial charge in [-0.1, -0.05) is 53.7 Å². The van der Waals surface area contributed by atoms with Gasteiger partial charge in [-0.25, -0.2) is 9.59 Å². The van der Waals surface area contributed by atoms with Crippen LogP contribution in [0.1, 0.15) is 48.2 Å². The van der Waals surface area contributed by atoms with Crippen molar-refractivity contribution >= 4 is 6.09 Å². The molecule has 1 aromatic heterocycles. The van der Waals surface area contributed by atoms with Gasteiger partial charge in [0.05, 0.1) is 6.04 Å². The van der Waals surface area contributed by atoms with Gasteiger partial charge in [0.1, 0.15) is 6.61 Å². The lowest BCUT2D eigenvalue weighted by molar-refractivity contribution is 0.0683. The second-order valence-corrected chi connectivity index (χ2v) is 7.49. The van der Waals surface area contributed by atoms with Crippen LogP contribution >= 0.6 is 0 Å². The second kappa shape index (κ2) is 7.24. The van der Waals surface area contributed by atoms with E-state index in [4.69, 9.17) is 4.74 Å². The molecule has 1 atom stereocenters. The van der Waals surface area contributed by atoms with Crippen molar-refractivity contribution in [1.29, 1.82) is 0 Å². The van der Waals surface area contributed by atoms with Gasteiger partial charge in [0.15, 0.2) is 5.82 Å². The van der Waals surface area contributed by atoms with Gasteiger partial charge in [0.25, 0.3) is 0 Å². The molecule has 0 bridgehead atoms. The fourth-order valence-corrected chi connectivity index (χ4v) is 4.50. The van der Waals surface area contributed by atoms with E-state index in [1.807, 2.05) is 24.3 Å². The van der Waals surface area contributed by atoms with Crippen molar-refractivity contribution in [2.24, 2.45) is 0 Å². The van der Waals surface area contributed by atoms with Crippen LogP contribution in [0.25, 0.3) is 11.1 Å². The highest BCUT2D eigenvalue weighted by atomic mass is 16.6. The van der Waals surface area contributed by atoms with E-state index in [9.17, 15) is 9.59 Å². The SMILES string of the molecule is O=C(OCC1c2ccccc2-c2ccccc21)N1CCCCC1c1noc(=O)[nH]1.